The maximum atomic E-state index is 13.0. The molecule has 0 spiro atoms. The van der Waals surface area contributed by atoms with Crippen LogP contribution in [-0.4, -0.2) is 33.4 Å². The highest BCUT2D eigenvalue weighted by atomic mass is 32.2. The maximum absolute atomic E-state index is 13.0. The summed E-state index contributed by atoms with van der Waals surface area (Å²) in [5.41, 5.74) is 6.20. The summed E-state index contributed by atoms with van der Waals surface area (Å²) in [6.45, 7) is 4.83. The van der Waals surface area contributed by atoms with E-state index in [4.69, 9.17) is 4.98 Å². The lowest BCUT2D eigenvalue weighted by Gasteiger charge is -2.29. The number of para-hydroxylation sites is 1. The van der Waals surface area contributed by atoms with E-state index in [0.717, 1.165) is 51.6 Å². The number of carbonyl (C=O) groups excluding carboxylic acids is 1. The van der Waals surface area contributed by atoms with Crippen molar-refractivity contribution >= 4 is 44.9 Å². The average Bonchev–Trinajstić information content (AvgIpc) is 3.19. The summed E-state index contributed by atoms with van der Waals surface area (Å²) in [6, 6.07) is 16.5. The molecule has 31 heavy (non-hydrogen) atoms. The molecule has 0 unspecified atom stereocenters. The van der Waals surface area contributed by atoms with Gasteiger partial charge in [0.1, 0.15) is 16.2 Å². The predicted octanol–water partition coefficient (Wildman–Crippen LogP) is 5.44. The minimum absolute atomic E-state index is 0.0988. The minimum atomic E-state index is 0.0988. The van der Waals surface area contributed by atoms with Crippen LogP contribution in [0.25, 0.3) is 21.5 Å². The Morgan fingerprint density at radius 1 is 1.10 bits per heavy atom. The third kappa shape index (κ3) is 3.95. The van der Waals surface area contributed by atoms with E-state index < -0.39 is 0 Å². The quantitative estimate of drug-likeness (QED) is 0.391. The number of anilines is 1. The van der Waals surface area contributed by atoms with Gasteiger partial charge in [-0.25, -0.2) is 4.98 Å². The zero-order chi connectivity index (χ0) is 21.4. The van der Waals surface area contributed by atoms with Crippen molar-refractivity contribution in [2.75, 3.05) is 17.2 Å². The van der Waals surface area contributed by atoms with Crippen LogP contribution in [0.2, 0.25) is 0 Å². The van der Waals surface area contributed by atoms with Crippen molar-refractivity contribution in [3.63, 3.8) is 0 Å². The van der Waals surface area contributed by atoms with Gasteiger partial charge in [-0.3, -0.25) is 4.79 Å². The summed E-state index contributed by atoms with van der Waals surface area (Å²) in [5.74, 6) is 0.417. The number of carbonyl (C=O) groups is 1. The monoisotopic (exact) mass is 446 g/mol. The Morgan fingerprint density at radius 2 is 1.90 bits per heavy atom. The summed E-state index contributed by atoms with van der Waals surface area (Å²) < 4.78 is 1.02. The Bertz CT molecular complexity index is 1270. The molecule has 0 fully saturated rings. The number of rotatable bonds is 4. The molecule has 5 nitrogen and oxygen atoms in total. The fourth-order valence-corrected chi connectivity index (χ4v) is 5.71. The molecular formula is C24H22N4OS2. The lowest BCUT2D eigenvalue weighted by molar-refractivity contribution is -0.116. The van der Waals surface area contributed by atoms with Gasteiger partial charge in [-0.2, -0.15) is 0 Å². The van der Waals surface area contributed by atoms with Crippen molar-refractivity contribution in [2.24, 2.45) is 0 Å². The highest BCUT2D eigenvalue weighted by molar-refractivity contribution is 8.00. The summed E-state index contributed by atoms with van der Waals surface area (Å²) in [6.07, 6.45) is 2.02. The first-order valence-electron chi connectivity index (χ1n) is 10.3. The third-order valence-electron chi connectivity index (χ3n) is 5.46. The number of fused-ring (bicyclic) bond motifs is 2. The Labute approximate surface area is 189 Å². The van der Waals surface area contributed by atoms with Crippen LogP contribution >= 0.6 is 23.1 Å². The molecule has 0 bridgehead atoms. The van der Waals surface area contributed by atoms with Gasteiger partial charge in [-0.05, 0) is 38.3 Å². The van der Waals surface area contributed by atoms with Gasteiger partial charge >= 0.3 is 0 Å². The van der Waals surface area contributed by atoms with Crippen LogP contribution in [0.1, 0.15) is 22.6 Å². The van der Waals surface area contributed by atoms with E-state index >= 15 is 0 Å². The number of thiazole rings is 1. The number of thioether (sulfide) groups is 1. The van der Waals surface area contributed by atoms with Gasteiger partial charge in [-0.1, -0.05) is 59.8 Å². The molecule has 1 amide bonds. The van der Waals surface area contributed by atoms with Crippen molar-refractivity contribution in [3.05, 3.63) is 64.7 Å². The van der Waals surface area contributed by atoms with Crippen LogP contribution in [0.3, 0.4) is 0 Å². The molecule has 0 saturated heterocycles. The number of hydrogen-bond donors (Lipinski definition) is 0. The fraction of sp³-hybridized carbons (Fsp3) is 0.250. The topological polar surface area (TPSA) is 59.0 Å². The molecule has 2 aromatic carbocycles. The Kier molecular flexibility index (Phi) is 5.46. The number of nitrogens with zero attached hydrogens (tertiary/aromatic N) is 4. The number of benzene rings is 2. The van der Waals surface area contributed by atoms with E-state index in [1.807, 2.05) is 30.0 Å². The largest absolute Gasteiger partial charge is 0.311 e. The molecule has 0 N–H and O–H groups in total. The predicted molar refractivity (Wildman–Crippen MR) is 128 cm³/mol. The van der Waals surface area contributed by atoms with Gasteiger partial charge in [0.15, 0.2) is 0 Å². The van der Waals surface area contributed by atoms with Crippen molar-refractivity contribution in [2.45, 2.75) is 31.7 Å². The highest BCUT2D eigenvalue weighted by Crippen LogP contribution is 2.36. The van der Waals surface area contributed by atoms with Crippen molar-refractivity contribution < 1.29 is 4.79 Å². The first-order chi connectivity index (χ1) is 15.1. The van der Waals surface area contributed by atoms with Crippen LogP contribution in [0.15, 0.2) is 53.6 Å². The van der Waals surface area contributed by atoms with Crippen molar-refractivity contribution in [3.8, 4) is 11.3 Å². The smallest absolute Gasteiger partial charge is 0.237 e. The first kappa shape index (κ1) is 20.2. The average molecular weight is 447 g/mol. The van der Waals surface area contributed by atoms with Gasteiger partial charge in [0.2, 0.25) is 5.91 Å². The normalized spacial score (nSPS) is 13.4. The zero-order valence-electron chi connectivity index (χ0n) is 17.5. The highest BCUT2D eigenvalue weighted by Gasteiger charge is 2.23. The maximum Gasteiger partial charge on any atom is 0.237 e. The van der Waals surface area contributed by atoms with Gasteiger partial charge in [0.25, 0.3) is 0 Å². The van der Waals surface area contributed by atoms with Crippen LogP contribution in [-0.2, 0) is 11.2 Å². The van der Waals surface area contributed by atoms with Crippen molar-refractivity contribution in [1.82, 2.24) is 15.2 Å². The van der Waals surface area contributed by atoms with Crippen LogP contribution in [0.5, 0.6) is 0 Å². The van der Waals surface area contributed by atoms with E-state index in [2.05, 4.69) is 47.5 Å². The van der Waals surface area contributed by atoms with Crippen LogP contribution in [0.4, 0.5) is 5.69 Å². The van der Waals surface area contributed by atoms with E-state index in [1.54, 1.807) is 11.3 Å². The molecule has 0 atom stereocenters. The molecule has 0 radical (unpaired) electrons. The zero-order valence-corrected chi connectivity index (χ0v) is 19.1. The molecule has 5 rings (SSSR count). The number of amides is 1. The molecule has 0 saturated carbocycles. The second-order valence-corrected chi connectivity index (χ2v) is 9.86. The number of aryl methyl sites for hydroxylation is 3. The SMILES string of the molecule is Cc1ccc(-c2nnc(SCC(=O)N3CCCc4ccccc43)c3nc(C)sc23)cc1. The fourth-order valence-electron chi connectivity index (χ4n) is 3.92. The lowest BCUT2D eigenvalue weighted by Crippen LogP contribution is -2.36. The molecule has 2 aromatic heterocycles. The molecule has 1 aliphatic rings. The molecule has 1 aliphatic heterocycles. The lowest BCUT2D eigenvalue weighted by atomic mass is 10.0. The van der Waals surface area contributed by atoms with Crippen LogP contribution in [0, 0.1) is 13.8 Å². The minimum Gasteiger partial charge on any atom is -0.311 e. The standard InChI is InChI=1S/C24H22N4OS2/c1-15-9-11-18(12-10-15)21-23-22(25-16(2)31-23)24(27-26-21)30-14-20(29)28-13-5-7-17-6-3-4-8-19(17)28/h3-4,6,8-12H,5,7,13-14H2,1-2H3. The number of hydrogen-bond acceptors (Lipinski definition) is 6. The Balaban J connectivity index is 1.41. The van der Waals surface area contributed by atoms with Gasteiger partial charge in [0, 0.05) is 17.8 Å². The van der Waals surface area contributed by atoms with E-state index in [-0.39, 0.29) is 5.91 Å². The summed E-state index contributed by atoms with van der Waals surface area (Å²) >= 11 is 3.05. The molecular weight excluding hydrogens is 424 g/mol. The molecule has 0 aliphatic carbocycles. The third-order valence-corrected chi connectivity index (χ3v) is 7.38. The number of aromatic nitrogens is 3. The molecule has 156 valence electrons. The van der Waals surface area contributed by atoms with Gasteiger partial charge in [0.05, 0.1) is 15.5 Å². The summed E-state index contributed by atoms with van der Waals surface area (Å²) in [5, 5.41) is 10.7. The first-order valence-corrected chi connectivity index (χ1v) is 12.1. The second kappa shape index (κ2) is 8.40. The molecule has 3 heterocycles. The molecule has 7 heteroatoms. The van der Waals surface area contributed by atoms with E-state index in [9.17, 15) is 4.79 Å². The summed E-state index contributed by atoms with van der Waals surface area (Å²) in [7, 11) is 0. The Morgan fingerprint density at radius 3 is 2.74 bits per heavy atom. The molecule has 4 aromatic rings. The second-order valence-electron chi connectivity index (χ2n) is 7.70. The van der Waals surface area contributed by atoms with Gasteiger partial charge in [-0.15, -0.1) is 21.5 Å². The van der Waals surface area contributed by atoms with E-state index in [0.29, 0.717) is 10.8 Å². The Hall–Kier alpha value is -2.77. The van der Waals surface area contributed by atoms with E-state index in [1.165, 1.54) is 22.9 Å². The summed E-state index contributed by atoms with van der Waals surface area (Å²) in [4.78, 5) is 19.7. The van der Waals surface area contributed by atoms with Crippen LogP contribution < -0.4 is 4.90 Å². The van der Waals surface area contributed by atoms with Crippen molar-refractivity contribution in [1.29, 1.82) is 0 Å². The van der Waals surface area contributed by atoms with Gasteiger partial charge < -0.3 is 4.90 Å².